The van der Waals surface area contributed by atoms with E-state index >= 15 is 0 Å². The van der Waals surface area contributed by atoms with Crippen molar-refractivity contribution in [3.63, 3.8) is 0 Å². The highest BCUT2D eigenvalue weighted by molar-refractivity contribution is 8.00. The Morgan fingerprint density at radius 1 is 1.18 bits per heavy atom. The molecule has 1 aliphatic heterocycles. The van der Waals surface area contributed by atoms with Crippen molar-refractivity contribution in [2.45, 2.75) is 50.6 Å². The zero-order valence-corrected chi connectivity index (χ0v) is 17.1. The summed E-state index contributed by atoms with van der Waals surface area (Å²) in [5, 5.41) is -0.0626. The lowest BCUT2D eigenvalue weighted by atomic mass is 10.1. The Morgan fingerprint density at radius 3 is 2.71 bits per heavy atom. The highest BCUT2D eigenvalue weighted by Crippen LogP contribution is 2.42. The van der Waals surface area contributed by atoms with Crippen molar-refractivity contribution >= 4 is 17.7 Å². The molecule has 28 heavy (non-hydrogen) atoms. The molecule has 1 saturated carbocycles. The third kappa shape index (κ3) is 4.09. The predicted octanol–water partition coefficient (Wildman–Crippen LogP) is 3.89. The molecule has 0 bridgehead atoms. The van der Waals surface area contributed by atoms with E-state index in [4.69, 9.17) is 9.47 Å². The first-order chi connectivity index (χ1) is 13.6. The largest absolute Gasteiger partial charge is 0.493 e. The lowest BCUT2D eigenvalue weighted by molar-refractivity contribution is -0.128. The number of amides is 1. The van der Waals surface area contributed by atoms with Gasteiger partial charge in [-0.25, -0.2) is 0 Å². The van der Waals surface area contributed by atoms with E-state index in [1.807, 2.05) is 30.0 Å². The molecule has 2 heterocycles. The molecule has 7 heteroatoms. The van der Waals surface area contributed by atoms with E-state index in [0.29, 0.717) is 12.3 Å². The fourth-order valence-corrected chi connectivity index (χ4v) is 4.88. The summed E-state index contributed by atoms with van der Waals surface area (Å²) in [6.07, 6.45) is 8.33. The fraction of sp³-hybridized carbons (Fsp3) is 0.476. The SMILES string of the molecule is COc1ccc(C2SCC(=O)N2Cc2cnc(C)cn2)cc1OC1CCCC1. The smallest absolute Gasteiger partial charge is 0.234 e. The van der Waals surface area contributed by atoms with Crippen molar-refractivity contribution in [2.24, 2.45) is 0 Å². The van der Waals surface area contributed by atoms with Crippen LogP contribution >= 0.6 is 11.8 Å². The summed E-state index contributed by atoms with van der Waals surface area (Å²) in [5.41, 5.74) is 2.71. The van der Waals surface area contributed by atoms with E-state index < -0.39 is 0 Å². The van der Waals surface area contributed by atoms with Crippen molar-refractivity contribution in [1.29, 1.82) is 0 Å². The number of aromatic nitrogens is 2. The van der Waals surface area contributed by atoms with Gasteiger partial charge in [0.25, 0.3) is 0 Å². The summed E-state index contributed by atoms with van der Waals surface area (Å²) >= 11 is 1.63. The molecule has 2 aromatic rings. The van der Waals surface area contributed by atoms with Gasteiger partial charge in [-0.05, 0) is 50.3 Å². The van der Waals surface area contributed by atoms with Crippen molar-refractivity contribution in [3.8, 4) is 11.5 Å². The third-order valence-corrected chi connectivity index (χ3v) is 6.46. The molecule has 0 radical (unpaired) electrons. The van der Waals surface area contributed by atoms with Crippen LogP contribution in [0, 0.1) is 6.92 Å². The zero-order valence-electron chi connectivity index (χ0n) is 16.3. The van der Waals surface area contributed by atoms with E-state index in [-0.39, 0.29) is 17.4 Å². The number of carbonyl (C=O) groups is 1. The Morgan fingerprint density at radius 2 is 2.00 bits per heavy atom. The lowest BCUT2D eigenvalue weighted by Crippen LogP contribution is -2.28. The first-order valence-electron chi connectivity index (χ1n) is 9.67. The minimum Gasteiger partial charge on any atom is -0.493 e. The maximum absolute atomic E-state index is 12.5. The molecule has 1 amide bonds. The van der Waals surface area contributed by atoms with Crippen LogP contribution in [0.15, 0.2) is 30.6 Å². The molecule has 2 aliphatic rings. The number of hydrogen-bond donors (Lipinski definition) is 0. The minimum absolute atomic E-state index is 0.0626. The molecule has 148 valence electrons. The van der Waals surface area contributed by atoms with Gasteiger partial charge in [-0.1, -0.05) is 6.07 Å². The summed E-state index contributed by atoms with van der Waals surface area (Å²) in [7, 11) is 1.66. The molecule has 6 nitrogen and oxygen atoms in total. The second-order valence-electron chi connectivity index (χ2n) is 7.27. The van der Waals surface area contributed by atoms with Crippen LogP contribution in [0.1, 0.15) is 48.0 Å². The van der Waals surface area contributed by atoms with Crippen LogP contribution in [0.5, 0.6) is 11.5 Å². The highest BCUT2D eigenvalue weighted by atomic mass is 32.2. The Kier molecular flexibility index (Phi) is 5.71. The van der Waals surface area contributed by atoms with Crippen molar-refractivity contribution in [2.75, 3.05) is 12.9 Å². The number of carbonyl (C=O) groups excluding carboxylic acids is 1. The van der Waals surface area contributed by atoms with E-state index in [0.717, 1.165) is 41.3 Å². The summed E-state index contributed by atoms with van der Waals surface area (Å²) in [6, 6.07) is 5.98. The molecule has 1 aliphatic carbocycles. The molecular formula is C21H25N3O3S. The van der Waals surface area contributed by atoms with Gasteiger partial charge in [-0.2, -0.15) is 0 Å². The lowest BCUT2D eigenvalue weighted by Gasteiger charge is -2.25. The fourth-order valence-electron chi connectivity index (χ4n) is 3.70. The van der Waals surface area contributed by atoms with E-state index in [1.54, 1.807) is 31.3 Å². The number of nitrogens with zero attached hydrogens (tertiary/aromatic N) is 3. The number of methoxy groups -OCH3 is 1. The summed E-state index contributed by atoms with van der Waals surface area (Å²) in [4.78, 5) is 23.1. The average Bonchev–Trinajstić information content (AvgIpc) is 3.34. The molecule has 2 fully saturated rings. The van der Waals surface area contributed by atoms with Gasteiger partial charge in [0.2, 0.25) is 5.91 Å². The van der Waals surface area contributed by atoms with Crippen LogP contribution in [0.4, 0.5) is 0 Å². The highest BCUT2D eigenvalue weighted by Gasteiger charge is 2.34. The van der Waals surface area contributed by atoms with Gasteiger partial charge < -0.3 is 14.4 Å². The molecule has 1 aromatic heterocycles. The van der Waals surface area contributed by atoms with Crippen LogP contribution in [0.2, 0.25) is 0 Å². The first-order valence-corrected chi connectivity index (χ1v) is 10.7. The van der Waals surface area contributed by atoms with Gasteiger partial charge in [0.15, 0.2) is 11.5 Å². The van der Waals surface area contributed by atoms with Gasteiger partial charge in [0.05, 0.1) is 43.1 Å². The van der Waals surface area contributed by atoms with Crippen molar-refractivity contribution < 1.29 is 14.3 Å². The predicted molar refractivity (Wildman–Crippen MR) is 108 cm³/mol. The van der Waals surface area contributed by atoms with Gasteiger partial charge in [0, 0.05) is 6.20 Å². The second-order valence-corrected chi connectivity index (χ2v) is 8.34. The van der Waals surface area contributed by atoms with Gasteiger partial charge in [0.1, 0.15) is 5.37 Å². The normalized spacial score (nSPS) is 20.0. The molecule has 0 spiro atoms. The van der Waals surface area contributed by atoms with Crippen LogP contribution in [-0.2, 0) is 11.3 Å². The maximum Gasteiger partial charge on any atom is 0.234 e. The molecule has 1 unspecified atom stereocenters. The summed E-state index contributed by atoms with van der Waals surface area (Å²) in [6.45, 7) is 2.36. The molecule has 4 rings (SSSR count). The number of benzene rings is 1. The zero-order chi connectivity index (χ0) is 19.5. The van der Waals surface area contributed by atoms with Crippen molar-refractivity contribution in [1.82, 2.24) is 14.9 Å². The maximum atomic E-state index is 12.5. The Balaban J connectivity index is 1.57. The van der Waals surface area contributed by atoms with Crippen LogP contribution in [-0.4, -0.2) is 39.7 Å². The number of thioether (sulfide) groups is 1. The number of hydrogen-bond acceptors (Lipinski definition) is 6. The van der Waals surface area contributed by atoms with Gasteiger partial charge in [-0.15, -0.1) is 11.8 Å². The van der Waals surface area contributed by atoms with Crippen LogP contribution in [0.3, 0.4) is 0 Å². The molecular weight excluding hydrogens is 374 g/mol. The topological polar surface area (TPSA) is 64.5 Å². The molecule has 1 aromatic carbocycles. The van der Waals surface area contributed by atoms with Crippen molar-refractivity contribution in [3.05, 3.63) is 47.5 Å². The third-order valence-electron chi connectivity index (χ3n) is 5.20. The van der Waals surface area contributed by atoms with Gasteiger partial charge >= 0.3 is 0 Å². The number of aryl methyl sites for hydroxylation is 1. The summed E-state index contributed by atoms with van der Waals surface area (Å²) < 4.78 is 11.7. The van der Waals surface area contributed by atoms with E-state index in [2.05, 4.69) is 9.97 Å². The standard InChI is InChI=1S/C21H25N3O3S/c1-14-10-23-16(11-22-14)12-24-20(25)13-28-21(24)15-7-8-18(26-2)19(9-15)27-17-5-3-4-6-17/h7-11,17,21H,3-6,12-13H2,1-2H3. The Bertz CT molecular complexity index is 837. The molecule has 1 saturated heterocycles. The summed E-state index contributed by atoms with van der Waals surface area (Å²) in [5.74, 6) is 2.09. The monoisotopic (exact) mass is 399 g/mol. The molecule has 1 atom stereocenters. The average molecular weight is 400 g/mol. The Hall–Kier alpha value is -2.28. The minimum atomic E-state index is -0.0626. The van der Waals surface area contributed by atoms with E-state index in [1.165, 1.54) is 12.8 Å². The molecule has 0 N–H and O–H groups in total. The number of rotatable bonds is 6. The quantitative estimate of drug-likeness (QED) is 0.734. The van der Waals surface area contributed by atoms with Gasteiger partial charge in [-0.3, -0.25) is 14.8 Å². The van der Waals surface area contributed by atoms with Crippen LogP contribution < -0.4 is 9.47 Å². The first kappa shape index (κ1) is 19.1. The van der Waals surface area contributed by atoms with E-state index in [9.17, 15) is 4.79 Å². The number of ether oxygens (including phenoxy) is 2. The second kappa shape index (κ2) is 8.39. The Labute approximate surface area is 169 Å². The van der Waals surface area contributed by atoms with Crippen LogP contribution in [0.25, 0.3) is 0 Å².